The lowest BCUT2D eigenvalue weighted by molar-refractivity contribution is 0.174. The number of ether oxygens (including phenoxy) is 1. The molecule has 4 nitrogen and oxygen atoms in total. The molecule has 1 aromatic heterocycles. The molecule has 2 aromatic carbocycles. The summed E-state index contributed by atoms with van der Waals surface area (Å²) in [6.45, 7) is 5.50. The molecule has 1 atom stereocenters. The topological polar surface area (TPSA) is 54.4 Å². The van der Waals surface area contributed by atoms with Gasteiger partial charge in [-0.1, -0.05) is 30.3 Å². The average molecular weight is 380 g/mol. The SMILES string of the molecule is Cc1cc(CNCC(O)c2ccc(F)cc2)cc(C)c1OCc1ccccn1. The van der Waals surface area contributed by atoms with Gasteiger partial charge in [-0.05, 0) is 60.4 Å². The van der Waals surface area contributed by atoms with Crippen LogP contribution in [0.5, 0.6) is 5.75 Å². The van der Waals surface area contributed by atoms with Crippen LogP contribution >= 0.6 is 0 Å². The summed E-state index contributed by atoms with van der Waals surface area (Å²) in [6.07, 6.45) is 1.08. The monoisotopic (exact) mass is 380 g/mol. The van der Waals surface area contributed by atoms with Crippen LogP contribution < -0.4 is 10.1 Å². The van der Waals surface area contributed by atoms with E-state index in [-0.39, 0.29) is 5.82 Å². The van der Waals surface area contributed by atoms with Crippen LogP contribution in [0.25, 0.3) is 0 Å². The fourth-order valence-electron chi connectivity index (χ4n) is 3.16. The zero-order valence-corrected chi connectivity index (χ0v) is 16.2. The number of halogens is 1. The van der Waals surface area contributed by atoms with Crippen molar-refractivity contribution in [2.45, 2.75) is 33.1 Å². The smallest absolute Gasteiger partial charge is 0.130 e. The molecule has 0 saturated carbocycles. The fraction of sp³-hybridized carbons (Fsp3) is 0.261. The number of benzene rings is 2. The number of pyridine rings is 1. The molecule has 0 saturated heterocycles. The van der Waals surface area contributed by atoms with E-state index >= 15 is 0 Å². The Balaban J connectivity index is 1.55. The lowest BCUT2D eigenvalue weighted by atomic mass is 10.1. The molecule has 1 unspecified atom stereocenters. The highest BCUT2D eigenvalue weighted by Crippen LogP contribution is 2.25. The maximum Gasteiger partial charge on any atom is 0.130 e. The van der Waals surface area contributed by atoms with Gasteiger partial charge in [0.2, 0.25) is 0 Å². The molecule has 5 heteroatoms. The molecule has 28 heavy (non-hydrogen) atoms. The number of nitrogens with one attached hydrogen (secondary N) is 1. The van der Waals surface area contributed by atoms with Crippen LogP contribution in [0.15, 0.2) is 60.8 Å². The molecule has 0 aliphatic rings. The number of aromatic nitrogens is 1. The van der Waals surface area contributed by atoms with Crippen LogP contribution in [0.4, 0.5) is 4.39 Å². The number of hydrogen-bond acceptors (Lipinski definition) is 4. The zero-order chi connectivity index (χ0) is 19.9. The van der Waals surface area contributed by atoms with Crippen molar-refractivity contribution in [1.82, 2.24) is 10.3 Å². The van der Waals surface area contributed by atoms with Crippen molar-refractivity contribution in [3.8, 4) is 5.75 Å². The molecule has 0 spiro atoms. The highest BCUT2D eigenvalue weighted by molar-refractivity contribution is 5.43. The van der Waals surface area contributed by atoms with Crippen molar-refractivity contribution in [2.75, 3.05) is 6.54 Å². The molecule has 2 N–H and O–H groups in total. The second-order valence-corrected chi connectivity index (χ2v) is 6.87. The first kappa shape index (κ1) is 20.0. The first-order valence-corrected chi connectivity index (χ1v) is 9.30. The molecule has 0 aliphatic carbocycles. The molecular formula is C23H25FN2O2. The third-order valence-corrected chi connectivity index (χ3v) is 4.53. The highest BCUT2D eigenvalue weighted by Gasteiger charge is 2.10. The largest absolute Gasteiger partial charge is 0.487 e. The molecule has 0 aliphatic heterocycles. The second-order valence-electron chi connectivity index (χ2n) is 6.87. The van der Waals surface area contributed by atoms with E-state index in [2.05, 4.69) is 22.4 Å². The Kier molecular flexibility index (Phi) is 6.74. The molecule has 3 aromatic rings. The van der Waals surface area contributed by atoms with Crippen molar-refractivity contribution >= 4 is 0 Å². The summed E-state index contributed by atoms with van der Waals surface area (Å²) >= 11 is 0. The van der Waals surface area contributed by atoms with Gasteiger partial charge in [0.05, 0.1) is 11.8 Å². The van der Waals surface area contributed by atoms with Gasteiger partial charge >= 0.3 is 0 Å². The predicted octanol–water partition coefficient (Wildman–Crippen LogP) is 4.24. The van der Waals surface area contributed by atoms with Crippen LogP contribution in [0, 0.1) is 19.7 Å². The Morgan fingerprint density at radius 2 is 1.79 bits per heavy atom. The van der Waals surface area contributed by atoms with Crippen LogP contribution in [-0.4, -0.2) is 16.6 Å². The van der Waals surface area contributed by atoms with Gasteiger partial charge in [0.1, 0.15) is 18.2 Å². The molecule has 0 fully saturated rings. The molecule has 0 amide bonds. The van der Waals surface area contributed by atoms with Gasteiger partial charge in [-0.2, -0.15) is 0 Å². The number of nitrogens with zero attached hydrogens (tertiary/aromatic N) is 1. The van der Waals surface area contributed by atoms with Gasteiger partial charge in [-0.15, -0.1) is 0 Å². The summed E-state index contributed by atoms with van der Waals surface area (Å²) < 4.78 is 18.9. The Morgan fingerprint density at radius 3 is 2.43 bits per heavy atom. The van der Waals surface area contributed by atoms with Crippen molar-refractivity contribution in [3.05, 3.63) is 94.6 Å². The minimum Gasteiger partial charge on any atom is -0.487 e. The van der Waals surface area contributed by atoms with Gasteiger partial charge in [-0.3, -0.25) is 4.98 Å². The second kappa shape index (κ2) is 9.44. The first-order valence-electron chi connectivity index (χ1n) is 9.30. The Labute approximate surface area is 165 Å². The predicted molar refractivity (Wildman–Crippen MR) is 108 cm³/mol. The molecule has 0 radical (unpaired) electrons. The standard InChI is InChI=1S/C23H25FN2O2/c1-16-11-18(13-25-14-22(27)19-6-8-20(24)9-7-19)12-17(2)23(16)28-15-21-5-3-4-10-26-21/h3-12,22,25,27H,13-15H2,1-2H3. The normalized spacial score (nSPS) is 12.0. The number of rotatable bonds is 8. The molecule has 1 heterocycles. The lowest BCUT2D eigenvalue weighted by Gasteiger charge is -2.15. The van der Waals surface area contributed by atoms with Gasteiger partial charge in [0, 0.05) is 19.3 Å². The Bertz CT molecular complexity index is 875. The van der Waals surface area contributed by atoms with Crippen LogP contribution in [-0.2, 0) is 13.2 Å². The minimum absolute atomic E-state index is 0.305. The summed E-state index contributed by atoms with van der Waals surface area (Å²) in [5, 5.41) is 13.5. The van der Waals surface area contributed by atoms with Gasteiger partial charge in [0.25, 0.3) is 0 Å². The maximum absolute atomic E-state index is 13.0. The summed E-state index contributed by atoms with van der Waals surface area (Å²) in [4.78, 5) is 4.28. The van der Waals surface area contributed by atoms with Gasteiger partial charge in [-0.25, -0.2) is 4.39 Å². The lowest BCUT2D eigenvalue weighted by Crippen LogP contribution is -2.21. The third kappa shape index (κ3) is 5.38. The summed E-state index contributed by atoms with van der Waals surface area (Å²) in [6, 6.07) is 15.8. The number of aliphatic hydroxyl groups excluding tert-OH is 1. The first-order chi connectivity index (χ1) is 13.5. The van der Waals surface area contributed by atoms with Crippen LogP contribution in [0.3, 0.4) is 0 Å². The quantitative estimate of drug-likeness (QED) is 0.614. The molecule has 0 bridgehead atoms. The van der Waals surface area contributed by atoms with E-state index in [1.54, 1.807) is 18.3 Å². The fourth-order valence-corrected chi connectivity index (χ4v) is 3.16. The number of aliphatic hydroxyl groups is 1. The van der Waals surface area contributed by atoms with Gasteiger partial charge in [0.15, 0.2) is 0 Å². The highest BCUT2D eigenvalue weighted by atomic mass is 19.1. The Morgan fingerprint density at radius 1 is 1.07 bits per heavy atom. The zero-order valence-electron chi connectivity index (χ0n) is 16.2. The molecular weight excluding hydrogens is 355 g/mol. The van der Waals surface area contributed by atoms with Crippen LogP contribution in [0.1, 0.15) is 34.1 Å². The van der Waals surface area contributed by atoms with E-state index in [0.29, 0.717) is 25.3 Å². The van der Waals surface area contributed by atoms with E-state index in [9.17, 15) is 9.50 Å². The number of aryl methyl sites for hydroxylation is 2. The minimum atomic E-state index is -0.677. The van der Waals surface area contributed by atoms with Crippen molar-refractivity contribution < 1.29 is 14.2 Å². The summed E-state index contributed by atoms with van der Waals surface area (Å²) in [7, 11) is 0. The van der Waals surface area contributed by atoms with Crippen molar-refractivity contribution in [2.24, 2.45) is 0 Å². The number of hydrogen-bond donors (Lipinski definition) is 2. The third-order valence-electron chi connectivity index (χ3n) is 4.53. The maximum atomic E-state index is 13.0. The molecule has 3 rings (SSSR count). The average Bonchev–Trinajstić information content (AvgIpc) is 2.68. The Hall–Kier alpha value is -2.76. The van der Waals surface area contributed by atoms with E-state index in [0.717, 1.165) is 28.1 Å². The van der Waals surface area contributed by atoms with Gasteiger partial charge < -0.3 is 15.2 Å². The summed E-state index contributed by atoms with van der Waals surface area (Å²) in [5.41, 5.74) is 4.83. The van der Waals surface area contributed by atoms with Crippen LogP contribution in [0.2, 0.25) is 0 Å². The van der Waals surface area contributed by atoms with E-state index in [4.69, 9.17) is 4.74 Å². The van der Waals surface area contributed by atoms with E-state index < -0.39 is 6.10 Å². The van der Waals surface area contributed by atoms with Crippen molar-refractivity contribution in [3.63, 3.8) is 0 Å². The van der Waals surface area contributed by atoms with Crippen molar-refractivity contribution in [1.29, 1.82) is 0 Å². The molecule has 146 valence electrons. The summed E-state index contributed by atoms with van der Waals surface area (Å²) in [5.74, 6) is 0.570. The van der Waals surface area contributed by atoms with E-state index in [1.807, 2.05) is 32.0 Å². The van der Waals surface area contributed by atoms with E-state index in [1.165, 1.54) is 12.1 Å².